The number of rotatable bonds is 2. The number of hydrogen-bond donors (Lipinski definition) is 1. The van der Waals surface area contributed by atoms with E-state index >= 15 is 0 Å². The van der Waals surface area contributed by atoms with Gasteiger partial charge in [0.25, 0.3) is 0 Å². The van der Waals surface area contributed by atoms with Crippen molar-refractivity contribution in [2.75, 3.05) is 0 Å². The van der Waals surface area contributed by atoms with Crippen molar-refractivity contribution in [1.29, 1.82) is 0 Å². The lowest BCUT2D eigenvalue weighted by molar-refractivity contribution is -0.176. The molecule has 0 radical (unpaired) electrons. The number of nitrogens with one attached hydrogen (secondary N) is 1. The average Bonchev–Trinajstić information content (AvgIpc) is 1.99. The van der Waals surface area contributed by atoms with Gasteiger partial charge < -0.3 is 10.1 Å². The van der Waals surface area contributed by atoms with E-state index < -0.39 is 18.3 Å². The SMILES string of the molecule is CC#COC(C)NC(=O)C(F)(F)F. The molecule has 0 saturated carbocycles. The largest absolute Gasteiger partial charge is 0.471 e. The minimum atomic E-state index is -4.89. The molecule has 0 aliphatic rings. The van der Waals surface area contributed by atoms with Gasteiger partial charge in [0.05, 0.1) is 0 Å². The Bertz CT molecular complexity index is 238. The Kier molecular flexibility index (Phi) is 4.11. The van der Waals surface area contributed by atoms with Gasteiger partial charge in [-0.3, -0.25) is 4.79 Å². The third-order valence-corrected chi connectivity index (χ3v) is 0.930. The zero-order chi connectivity index (χ0) is 10.5. The molecule has 0 fully saturated rings. The van der Waals surface area contributed by atoms with Crippen LogP contribution < -0.4 is 5.32 Å². The van der Waals surface area contributed by atoms with Crippen molar-refractivity contribution in [2.45, 2.75) is 26.3 Å². The van der Waals surface area contributed by atoms with E-state index in [1.165, 1.54) is 13.8 Å². The molecule has 3 nitrogen and oxygen atoms in total. The summed E-state index contributed by atoms with van der Waals surface area (Å²) in [6.45, 7) is 2.70. The molecule has 0 aromatic carbocycles. The van der Waals surface area contributed by atoms with Gasteiger partial charge in [-0.05, 0) is 6.92 Å². The first-order valence-electron chi connectivity index (χ1n) is 3.33. The first kappa shape index (κ1) is 11.6. The standard InChI is InChI=1S/C7H8F3NO2/c1-3-4-13-5(2)11-6(12)7(8,9)10/h5H,1-2H3,(H,11,12). The molecule has 0 saturated heterocycles. The Balaban J connectivity index is 3.97. The molecule has 6 heteroatoms. The molecule has 1 amide bonds. The molecular weight excluding hydrogens is 187 g/mol. The highest BCUT2D eigenvalue weighted by Crippen LogP contribution is 2.14. The molecule has 0 aromatic heterocycles. The van der Waals surface area contributed by atoms with Gasteiger partial charge in [-0.1, -0.05) is 5.92 Å². The van der Waals surface area contributed by atoms with Crippen LogP contribution in [0.15, 0.2) is 0 Å². The third-order valence-electron chi connectivity index (χ3n) is 0.930. The fourth-order valence-electron chi connectivity index (χ4n) is 0.443. The van der Waals surface area contributed by atoms with E-state index in [4.69, 9.17) is 0 Å². The third kappa shape index (κ3) is 4.95. The van der Waals surface area contributed by atoms with Crippen LogP contribution in [0.4, 0.5) is 13.2 Å². The Labute approximate surface area is 73.2 Å². The molecule has 0 heterocycles. The maximum atomic E-state index is 11.6. The van der Waals surface area contributed by atoms with Crippen LogP contribution in [0, 0.1) is 12.0 Å². The summed E-state index contributed by atoms with van der Waals surface area (Å²) in [5, 5.41) is 1.57. The smallest absolute Gasteiger partial charge is 0.421 e. The fourth-order valence-corrected chi connectivity index (χ4v) is 0.443. The van der Waals surface area contributed by atoms with Gasteiger partial charge in [-0.2, -0.15) is 13.2 Å². The van der Waals surface area contributed by atoms with Crippen LogP contribution in [0.5, 0.6) is 0 Å². The van der Waals surface area contributed by atoms with Gasteiger partial charge in [0.15, 0.2) is 6.23 Å². The summed E-state index contributed by atoms with van der Waals surface area (Å²) in [5.74, 6) is 0.262. The number of alkyl halides is 3. The summed E-state index contributed by atoms with van der Waals surface area (Å²) in [7, 11) is 0. The summed E-state index contributed by atoms with van der Waals surface area (Å²) in [5.41, 5.74) is 0. The van der Waals surface area contributed by atoms with Crippen LogP contribution in [0.2, 0.25) is 0 Å². The van der Waals surface area contributed by atoms with Crippen molar-refractivity contribution in [2.24, 2.45) is 0 Å². The van der Waals surface area contributed by atoms with E-state index in [9.17, 15) is 18.0 Å². The maximum absolute atomic E-state index is 11.6. The predicted molar refractivity (Wildman–Crippen MR) is 38.2 cm³/mol. The first-order valence-corrected chi connectivity index (χ1v) is 3.33. The van der Waals surface area contributed by atoms with Crippen molar-refractivity contribution < 1.29 is 22.7 Å². The summed E-state index contributed by atoms with van der Waals surface area (Å²) in [6.07, 6.45) is -3.90. The second-order valence-corrected chi connectivity index (χ2v) is 2.08. The molecule has 0 spiro atoms. The van der Waals surface area contributed by atoms with Gasteiger partial charge in [-0.25, -0.2) is 0 Å². The van der Waals surface area contributed by atoms with Crippen molar-refractivity contribution >= 4 is 5.91 Å². The normalized spacial score (nSPS) is 12.4. The Hall–Kier alpha value is -1.38. The van der Waals surface area contributed by atoms with Gasteiger partial charge >= 0.3 is 12.1 Å². The molecule has 0 rings (SSSR count). The van der Waals surface area contributed by atoms with E-state index in [0.29, 0.717) is 0 Å². The number of ether oxygens (including phenoxy) is 1. The molecule has 0 aliphatic heterocycles. The second-order valence-electron chi connectivity index (χ2n) is 2.08. The van der Waals surface area contributed by atoms with Crippen LogP contribution in [0.25, 0.3) is 0 Å². The monoisotopic (exact) mass is 195 g/mol. The first-order chi connectivity index (χ1) is 5.88. The lowest BCUT2D eigenvalue weighted by Crippen LogP contribution is -2.42. The van der Waals surface area contributed by atoms with Gasteiger partial charge in [0, 0.05) is 6.92 Å². The molecule has 13 heavy (non-hydrogen) atoms. The van der Waals surface area contributed by atoms with E-state index in [2.05, 4.69) is 16.8 Å². The molecule has 0 bridgehead atoms. The maximum Gasteiger partial charge on any atom is 0.471 e. The van der Waals surface area contributed by atoms with Crippen molar-refractivity contribution in [3.05, 3.63) is 0 Å². The van der Waals surface area contributed by atoms with Crippen LogP contribution in [0.3, 0.4) is 0 Å². The predicted octanol–water partition coefficient (Wildman–Crippen LogP) is 1.01. The summed E-state index contributed by atoms with van der Waals surface area (Å²) in [6, 6.07) is 0. The summed E-state index contributed by atoms with van der Waals surface area (Å²) in [4.78, 5) is 10.3. The van der Waals surface area contributed by atoms with E-state index in [0.717, 1.165) is 0 Å². The average molecular weight is 195 g/mol. The van der Waals surface area contributed by atoms with E-state index in [-0.39, 0.29) is 0 Å². The molecule has 0 aromatic rings. The van der Waals surface area contributed by atoms with Gasteiger partial charge in [-0.15, -0.1) is 0 Å². The summed E-state index contributed by atoms with van der Waals surface area (Å²) >= 11 is 0. The number of hydrogen-bond acceptors (Lipinski definition) is 2. The zero-order valence-corrected chi connectivity index (χ0v) is 7.03. The zero-order valence-electron chi connectivity index (χ0n) is 7.03. The van der Waals surface area contributed by atoms with Crippen LogP contribution in [-0.2, 0) is 9.53 Å². The number of carbonyl (C=O) groups is 1. The number of halogens is 3. The second kappa shape index (κ2) is 4.60. The topological polar surface area (TPSA) is 38.3 Å². The molecule has 1 unspecified atom stereocenters. The minimum absolute atomic E-state index is 1.08. The Morgan fingerprint density at radius 2 is 2.08 bits per heavy atom. The molecule has 1 N–H and O–H groups in total. The highest BCUT2D eigenvalue weighted by molar-refractivity contribution is 5.81. The Morgan fingerprint density at radius 3 is 2.46 bits per heavy atom. The van der Waals surface area contributed by atoms with Gasteiger partial charge in [0.1, 0.15) is 6.11 Å². The van der Waals surface area contributed by atoms with Crippen LogP contribution >= 0.6 is 0 Å². The number of carbonyl (C=O) groups excluding carboxylic acids is 1. The quantitative estimate of drug-likeness (QED) is 0.527. The van der Waals surface area contributed by atoms with Crippen LogP contribution in [-0.4, -0.2) is 18.3 Å². The molecule has 74 valence electrons. The Morgan fingerprint density at radius 1 is 1.54 bits per heavy atom. The molecule has 1 atom stereocenters. The minimum Gasteiger partial charge on any atom is -0.421 e. The highest BCUT2D eigenvalue weighted by Gasteiger charge is 2.39. The lowest BCUT2D eigenvalue weighted by atomic mass is 10.5. The van der Waals surface area contributed by atoms with Crippen molar-refractivity contribution in [3.8, 4) is 12.0 Å². The molecular formula is C7H8F3NO2. The fraction of sp³-hybridized carbons (Fsp3) is 0.571. The highest BCUT2D eigenvalue weighted by atomic mass is 19.4. The lowest BCUT2D eigenvalue weighted by Gasteiger charge is -2.12. The van der Waals surface area contributed by atoms with E-state index in [1.807, 2.05) is 0 Å². The van der Waals surface area contributed by atoms with Gasteiger partial charge in [0.2, 0.25) is 0 Å². The van der Waals surface area contributed by atoms with Crippen molar-refractivity contribution in [1.82, 2.24) is 5.32 Å². The number of amides is 1. The molecule has 0 aliphatic carbocycles. The van der Waals surface area contributed by atoms with E-state index in [1.54, 1.807) is 5.32 Å². The van der Waals surface area contributed by atoms with Crippen molar-refractivity contribution in [3.63, 3.8) is 0 Å². The van der Waals surface area contributed by atoms with Crippen LogP contribution in [0.1, 0.15) is 13.8 Å². The summed E-state index contributed by atoms with van der Waals surface area (Å²) < 4.78 is 39.3.